The first-order valence-corrected chi connectivity index (χ1v) is 15.1. The van der Waals surface area contributed by atoms with Crippen LogP contribution in [0.3, 0.4) is 0 Å². The van der Waals surface area contributed by atoms with Crippen LogP contribution in [-0.2, 0) is 13.6 Å². The number of hydrogen-bond donors (Lipinski definition) is 2. The Hall–Kier alpha value is -4.61. The number of pyridine rings is 1. The monoisotopic (exact) mass is 592 g/mol. The molecule has 5 heterocycles. The summed E-state index contributed by atoms with van der Waals surface area (Å²) in [6, 6.07) is 14.6. The van der Waals surface area contributed by atoms with Gasteiger partial charge in [0.25, 0.3) is 5.56 Å². The molecule has 0 bridgehead atoms. The molecule has 1 fully saturated rings. The van der Waals surface area contributed by atoms with Gasteiger partial charge in [-0.15, -0.1) is 0 Å². The molecule has 0 aliphatic carbocycles. The molecule has 6 rings (SSSR count). The minimum absolute atomic E-state index is 0.145. The molecule has 0 atom stereocenters. The van der Waals surface area contributed by atoms with Crippen molar-refractivity contribution in [1.29, 1.82) is 0 Å². The maximum atomic E-state index is 14.1. The Bertz CT molecular complexity index is 1820. The van der Waals surface area contributed by atoms with Gasteiger partial charge in [0.2, 0.25) is 5.95 Å². The highest BCUT2D eigenvalue weighted by Crippen LogP contribution is 2.26. The van der Waals surface area contributed by atoms with Crippen molar-refractivity contribution in [3.05, 3.63) is 77.0 Å². The fraction of sp³-hybridized carbons (Fsp3) is 0.364. The lowest BCUT2D eigenvalue weighted by atomic mass is 10.0. The van der Waals surface area contributed by atoms with Crippen LogP contribution in [0.25, 0.3) is 33.8 Å². The summed E-state index contributed by atoms with van der Waals surface area (Å²) in [5, 5.41) is 7.54. The highest BCUT2D eigenvalue weighted by Gasteiger charge is 2.20. The summed E-state index contributed by atoms with van der Waals surface area (Å²) in [7, 11) is 8.10. The van der Waals surface area contributed by atoms with E-state index in [0.29, 0.717) is 47.8 Å². The van der Waals surface area contributed by atoms with E-state index >= 15 is 0 Å². The molecule has 44 heavy (non-hydrogen) atoms. The second-order valence-electron chi connectivity index (χ2n) is 11.8. The average Bonchev–Trinajstić information content (AvgIpc) is 3.47. The predicted molar refractivity (Wildman–Crippen MR) is 177 cm³/mol. The maximum Gasteiger partial charge on any atom is 0.261 e. The largest absolute Gasteiger partial charge is 0.372 e. The quantitative estimate of drug-likeness (QED) is 0.262. The fourth-order valence-electron chi connectivity index (χ4n) is 5.74. The normalized spacial score (nSPS) is 14.0. The van der Waals surface area contributed by atoms with Gasteiger partial charge < -0.3 is 25.0 Å². The van der Waals surface area contributed by atoms with Crippen molar-refractivity contribution in [2.24, 2.45) is 7.05 Å². The minimum atomic E-state index is -0.145. The molecule has 4 aromatic heterocycles. The number of hydrogen-bond acceptors (Lipinski definition) is 9. The summed E-state index contributed by atoms with van der Waals surface area (Å²) in [5.41, 5.74) is 5.32. The molecule has 0 radical (unpaired) electrons. The Morgan fingerprint density at radius 1 is 1.02 bits per heavy atom. The van der Waals surface area contributed by atoms with Crippen LogP contribution in [0.2, 0.25) is 0 Å². The van der Waals surface area contributed by atoms with Crippen molar-refractivity contribution >= 4 is 28.4 Å². The zero-order valence-electron chi connectivity index (χ0n) is 26.1. The molecule has 11 heteroatoms. The van der Waals surface area contributed by atoms with E-state index in [9.17, 15) is 4.79 Å². The molecule has 1 saturated heterocycles. The molecule has 1 aromatic carbocycles. The number of piperidine rings is 1. The summed E-state index contributed by atoms with van der Waals surface area (Å²) >= 11 is 0. The van der Waals surface area contributed by atoms with Gasteiger partial charge in [-0.05, 0) is 95.0 Å². The van der Waals surface area contributed by atoms with Gasteiger partial charge in [0, 0.05) is 68.6 Å². The predicted octanol–water partition coefficient (Wildman–Crippen LogP) is 4.06. The Kier molecular flexibility index (Phi) is 8.40. The number of fused-ring (bicyclic) bond motifs is 1. The lowest BCUT2D eigenvalue weighted by Gasteiger charge is -2.33. The molecule has 2 N–H and O–H groups in total. The Morgan fingerprint density at radius 2 is 1.80 bits per heavy atom. The molecule has 228 valence electrons. The van der Waals surface area contributed by atoms with Gasteiger partial charge in [-0.3, -0.25) is 9.36 Å². The number of nitrogens with zero attached hydrogens (tertiary/aromatic N) is 8. The van der Waals surface area contributed by atoms with Gasteiger partial charge in [-0.2, -0.15) is 4.98 Å². The van der Waals surface area contributed by atoms with E-state index in [1.165, 1.54) is 5.69 Å². The van der Waals surface area contributed by atoms with Crippen LogP contribution in [0.1, 0.15) is 18.4 Å². The van der Waals surface area contributed by atoms with E-state index in [2.05, 4.69) is 49.6 Å². The number of nitrogens with one attached hydrogen (secondary N) is 2. The lowest BCUT2D eigenvalue weighted by molar-refractivity contribution is 0.384. The van der Waals surface area contributed by atoms with E-state index < -0.39 is 0 Å². The number of aromatic nitrogens is 6. The second kappa shape index (κ2) is 12.6. The van der Waals surface area contributed by atoms with Crippen LogP contribution in [0.4, 0.5) is 17.3 Å². The first-order valence-electron chi connectivity index (χ1n) is 15.1. The number of likely N-dealkylation sites (N-methyl/N-ethyl adjacent to an activating group) is 1. The van der Waals surface area contributed by atoms with Crippen LogP contribution in [-0.4, -0.2) is 80.8 Å². The van der Waals surface area contributed by atoms with Crippen molar-refractivity contribution in [2.75, 3.05) is 51.0 Å². The lowest BCUT2D eigenvalue weighted by Crippen LogP contribution is -2.41. The van der Waals surface area contributed by atoms with Gasteiger partial charge >= 0.3 is 0 Å². The van der Waals surface area contributed by atoms with E-state index in [4.69, 9.17) is 9.97 Å². The van der Waals surface area contributed by atoms with Crippen LogP contribution >= 0.6 is 0 Å². The molecular formula is C33H40N10O. The molecule has 0 amide bonds. The van der Waals surface area contributed by atoms with Gasteiger partial charge in [-0.25, -0.2) is 15.0 Å². The molecule has 11 nitrogen and oxygen atoms in total. The highest BCUT2D eigenvalue weighted by molar-refractivity contribution is 5.82. The van der Waals surface area contributed by atoms with Gasteiger partial charge in [0.15, 0.2) is 5.82 Å². The Balaban J connectivity index is 1.34. The van der Waals surface area contributed by atoms with Crippen LogP contribution in [0.15, 0.2) is 65.8 Å². The molecule has 0 unspecified atom stereocenters. The van der Waals surface area contributed by atoms with E-state index in [1.54, 1.807) is 17.0 Å². The first-order chi connectivity index (χ1) is 21.3. The number of benzene rings is 1. The van der Waals surface area contributed by atoms with Crippen LogP contribution in [0.5, 0.6) is 0 Å². The summed E-state index contributed by atoms with van der Waals surface area (Å²) in [5.74, 6) is 1.01. The first kappa shape index (κ1) is 29.5. The molecular weight excluding hydrogens is 552 g/mol. The van der Waals surface area contributed by atoms with Crippen molar-refractivity contribution < 1.29 is 0 Å². The van der Waals surface area contributed by atoms with E-state index in [-0.39, 0.29) is 5.56 Å². The number of anilines is 3. The minimum Gasteiger partial charge on any atom is -0.372 e. The SMILES string of the molecule is Cc1cnc(-c2cccn2C)nc1-c1cc2cnc(Nc3ccc(N(C)C4CCNCC4)cc3)nc2n(CCN(C)C)c1=O. The fourth-order valence-corrected chi connectivity index (χ4v) is 5.74. The highest BCUT2D eigenvalue weighted by atomic mass is 16.1. The molecule has 0 saturated carbocycles. The van der Waals surface area contributed by atoms with Crippen LogP contribution in [0, 0.1) is 6.92 Å². The maximum absolute atomic E-state index is 14.1. The van der Waals surface area contributed by atoms with Gasteiger partial charge in [-0.1, -0.05) is 0 Å². The second-order valence-corrected chi connectivity index (χ2v) is 11.8. The van der Waals surface area contributed by atoms with Crippen molar-refractivity contribution in [1.82, 2.24) is 39.3 Å². The van der Waals surface area contributed by atoms with Crippen molar-refractivity contribution in [2.45, 2.75) is 32.4 Å². The molecule has 0 spiro atoms. The van der Waals surface area contributed by atoms with E-state index in [1.807, 2.05) is 69.2 Å². The zero-order chi connectivity index (χ0) is 30.8. The third-order valence-electron chi connectivity index (χ3n) is 8.38. The number of rotatable bonds is 9. The van der Waals surface area contributed by atoms with Gasteiger partial charge in [0.1, 0.15) is 5.65 Å². The molecule has 1 aliphatic rings. The summed E-state index contributed by atoms with van der Waals surface area (Å²) in [6.45, 7) is 5.19. The third kappa shape index (κ3) is 6.06. The Labute approximate surface area is 257 Å². The zero-order valence-corrected chi connectivity index (χ0v) is 26.1. The average molecular weight is 593 g/mol. The topological polar surface area (TPSA) is 109 Å². The van der Waals surface area contributed by atoms with Crippen LogP contribution < -0.4 is 21.1 Å². The summed E-state index contributed by atoms with van der Waals surface area (Å²) in [6.07, 6.45) is 7.78. The third-order valence-corrected chi connectivity index (χ3v) is 8.38. The molecule has 1 aliphatic heterocycles. The Morgan fingerprint density at radius 3 is 2.50 bits per heavy atom. The smallest absolute Gasteiger partial charge is 0.261 e. The van der Waals surface area contributed by atoms with Crippen molar-refractivity contribution in [3.63, 3.8) is 0 Å². The standard InChI is InChI=1S/C33H40N10O/c1-22-20-35-30(28-7-6-16-41(28)4)38-29(22)27-19-23-21-36-33(39-31(23)43(32(27)44)18-17-40(2)3)37-24-8-10-25(11-9-24)42(5)26-12-14-34-15-13-26/h6-11,16,19-21,26,34H,12-15,17-18H2,1-5H3,(H,36,37,39). The summed E-state index contributed by atoms with van der Waals surface area (Å²) in [4.78, 5) is 37.4. The van der Waals surface area contributed by atoms with Crippen molar-refractivity contribution in [3.8, 4) is 22.8 Å². The summed E-state index contributed by atoms with van der Waals surface area (Å²) < 4.78 is 3.70. The van der Waals surface area contributed by atoms with E-state index in [0.717, 1.165) is 48.3 Å². The van der Waals surface area contributed by atoms with Gasteiger partial charge in [0.05, 0.1) is 17.0 Å². The molecule has 5 aromatic rings. The number of aryl methyl sites for hydroxylation is 2.